The summed E-state index contributed by atoms with van der Waals surface area (Å²) >= 11 is 1.78. The topological polar surface area (TPSA) is 49.8 Å². The van der Waals surface area contributed by atoms with Crippen LogP contribution in [-0.4, -0.2) is 16.5 Å². The average Bonchev–Trinajstić information content (AvgIpc) is 2.64. The molecule has 0 fully saturated rings. The van der Waals surface area contributed by atoms with Gasteiger partial charge in [0.1, 0.15) is 11.6 Å². The SMILES string of the molecule is Cc1ncc2c(n1)NCCC2Nc1ccccc1Sc1ccccc1. The first-order chi connectivity index (χ1) is 12.3. The second-order valence-electron chi connectivity index (χ2n) is 6.04. The van der Waals surface area contributed by atoms with E-state index >= 15 is 0 Å². The first kappa shape index (κ1) is 16.0. The van der Waals surface area contributed by atoms with Crippen LogP contribution in [0.25, 0.3) is 0 Å². The maximum Gasteiger partial charge on any atom is 0.134 e. The second-order valence-corrected chi connectivity index (χ2v) is 7.16. The Labute approximate surface area is 152 Å². The van der Waals surface area contributed by atoms with Crippen molar-refractivity contribution >= 4 is 23.3 Å². The van der Waals surface area contributed by atoms with Crippen molar-refractivity contribution in [1.29, 1.82) is 0 Å². The number of anilines is 2. The van der Waals surface area contributed by atoms with Crippen molar-refractivity contribution in [2.45, 2.75) is 29.2 Å². The predicted molar refractivity (Wildman–Crippen MR) is 103 cm³/mol. The summed E-state index contributed by atoms with van der Waals surface area (Å²) in [7, 11) is 0. The van der Waals surface area contributed by atoms with Crippen LogP contribution < -0.4 is 10.6 Å². The molecule has 2 heterocycles. The van der Waals surface area contributed by atoms with Crippen molar-refractivity contribution in [3.8, 4) is 0 Å². The minimum atomic E-state index is 0.217. The van der Waals surface area contributed by atoms with Crippen LogP contribution in [-0.2, 0) is 0 Å². The fourth-order valence-corrected chi connectivity index (χ4v) is 3.93. The van der Waals surface area contributed by atoms with Gasteiger partial charge in [0.05, 0.1) is 6.04 Å². The summed E-state index contributed by atoms with van der Waals surface area (Å²) in [4.78, 5) is 11.4. The summed E-state index contributed by atoms with van der Waals surface area (Å²) in [6.07, 6.45) is 2.94. The van der Waals surface area contributed by atoms with Gasteiger partial charge >= 0.3 is 0 Å². The molecule has 2 N–H and O–H groups in total. The molecule has 4 rings (SSSR count). The highest BCUT2D eigenvalue weighted by atomic mass is 32.2. The van der Waals surface area contributed by atoms with Gasteiger partial charge in [0, 0.05) is 33.8 Å². The van der Waals surface area contributed by atoms with E-state index in [1.165, 1.54) is 9.79 Å². The van der Waals surface area contributed by atoms with E-state index < -0.39 is 0 Å². The first-order valence-corrected chi connectivity index (χ1v) is 9.27. The third-order valence-electron chi connectivity index (χ3n) is 4.23. The van der Waals surface area contributed by atoms with Crippen molar-refractivity contribution in [3.63, 3.8) is 0 Å². The number of nitrogens with zero attached hydrogens (tertiary/aromatic N) is 2. The van der Waals surface area contributed by atoms with E-state index in [1.807, 2.05) is 19.2 Å². The Morgan fingerprint density at radius 2 is 1.88 bits per heavy atom. The summed E-state index contributed by atoms with van der Waals surface area (Å²) in [6.45, 7) is 2.83. The van der Waals surface area contributed by atoms with Gasteiger partial charge in [-0.1, -0.05) is 42.1 Å². The summed E-state index contributed by atoms with van der Waals surface area (Å²) in [5, 5.41) is 7.08. The molecule has 25 heavy (non-hydrogen) atoms. The molecular formula is C20H20N4S. The van der Waals surface area contributed by atoms with E-state index in [-0.39, 0.29) is 6.04 Å². The number of hydrogen-bond donors (Lipinski definition) is 2. The van der Waals surface area contributed by atoms with Gasteiger partial charge in [0.15, 0.2) is 0 Å². The van der Waals surface area contributed by atoms with Gasteiger partial charge in [0.2, 0.25) is 0 Å². The number of hydrogen-bond acceptors (Lipinski definition) is 5. The Hall–Kier alpha value is -2.53. The molecule has 1 aliphatic heterocycles. The Kier molecular flexibility index (Phi) is 4.57. The van der Waals surface area contributed by atoms with E-state index in [4.69, 9.17) is 0 Å². The number of fused-ring (bicyclic) bond motifs is 1. The third-order valence-corrected chi connectivity index (χ3v) is 5.31. The van der Waals surface area contributed by atoms with Gasteiger partial charge in [-0.3, -0.25) is 0 Å². The highest BCUT2D eigenvalue weighted by molar-refractivity contribution is 7.99. The number of para-hydroxylation sites is 1. The molecule has 0 aliphatic carbocycles. The van der Waals surface area contributed by atoms with E-state index in [0.717, 1.165) is 35.9 Å². The van der Waals surface area contributed by atoms with Crippen LogP contribution in [0, 0.1) is 6.92 Å². The van der Waals surface area contributed by atoms with Gasteiger partial charge < -0.3 is 10.6 Å². The summed E-state index contributed by atoms with van der Waals surface area (Å²) in [6, 6.07) is 19.1. The summed E-state index contributed by atoms with van der Waals surface area (Å²) in [5.74, 6) is 1.75. The normalized spacial score (nSPS) is 16.0. The standard InChI is InChI=1S/C20H20N4S/c1-14-22-13-16-17(11-12-21-20(16)23-14)24-18-9-5-6-10-19(18)25-15-7-3-2-4-8-15/h2-10,13,17,24H,11-12H2,1H3,(H,21,22,23). The quantitative estimate of drug-likeness (QED) is 0.702. The molecule has 0 saturated carbocycles. The maximum atomic E-state index is 4.53. The fraction of sp³-hybridized carbons (Fsp3) is 0.200. The van der Waals surface area contributed by atoms with Gasteiger partial charge in [0.25, 0.3) is 0 Å². The van der Waals surface area contributed by atoms with Crippen LogP contribution in [0.1, 0.15) is 23.9 Å². The van der Waals surface area contributed by atoms with Crippen LogP contribution in [0.2, 0.25) is 0 Å². The monoisotopic (exact) mass is 348 g/mol. The zero-order valence-electron chi connectivity index (χ0n) is 14.1. The van der Waals surface area contributed by atoms with E-state index in [0.29, 0.717) is 0 Å². The van der Waals surface area contributed by atoms with Crippen molar-refractivity contribution in [2.75, 3.05) is 17.2 Å². The number of aromatic nitrogens is 2. The molecule has 1 atom stereocenters. The van der Waals surface area contributed by atoms with Crippen LogP contribution in [0.15, 0.2) is 70.6 Å². The second kappa shape index (κ2) is 7.15. The number of aryl methyl sites for hydroxylation is 1. The van der Waals surface area contributed by atoms with Crippen LogP contribution in [0.3, 0.4) is 0 Å². The number of nitrogens with one attached hydrogen (secondary N) is 2. The molecule has 3 aromatic rings. The average molecular weight is 348 g/mol. The van der Waals surface area contributed by atoms with Crippen molar-refractivity contribution in [2.24, 2.45) is 0 Å². The highest BCUT2D eigenvalue weighted by Gasteiger charge is 2.22. The van der Waals surface area contributed by atoms with Crippen LogP contribution in [0.5, 0.6) is 0 Å². The molecule has 0 amide bonds. The van der Waals surface area contributed by atoms with Crippen molar-refractivity contribution in [1.82, 2.24) is 9.97 Å². The van der Waals surface area contributed by atoms with Crippen LogP contribution in [0.4, 0.5) is 11.5 Å². The van der Waals surface area contributed by atoms with Crippen molar-refractivity contribution < 1.29 is 0 Å². The van der Waals surface area contributed by atoms with Gasteiger partial charge in [-0.05, 0) is 37.6 Å². The largest absolute Gasteiger partial charge is 0.377 e. The molecule has 0 bridgehead atoms. The van der Waals surface area contributed by atoms with Gasteiger partial charge in [-0.2, -0.15) is 0 Å². The Morgan fingerprint density at radius 1 is 1.08 bits per heavy atom. The fourth-order valence-electron chi connectivity index (χ4n) is 2.99. The van der Waals surface area contributed by atoms with E-state index in [2.05, 4.69) is 69.1 Å². The molecular weight excluding hydrogens is 328 g/mol. The van der Waals surface area contributed by atoms with Crippen LogP contribution >= 0.6 is 11.8 Å². The number of benzene rings is 2. The smallest absolute Gasteiger partial charge is 0.134 e. The molecule has 5 heteroatoms. The Bertz CT molecular complexity index is 867. The zero-order chi connectivity index (χ0) is 17.1. The molecule has 0 radical (unpaired) electrons. The maximum absolute atomic E-state index is 4.53. The Balaban J connectivity index is 1.60. The minimum absolute atomic E-state index is 0.217. The molecule has 4 nitrogen and oxygen atoms in total. The van der Waals surface area contributed by atoms with Gasteiger partial charge in [-0.25, -0.2) is 9.97 Å². The van der Waals surface area contributed by atoms with Gasteiger partial charge in [-0.15, -0.1) is 0 Å². The summed E-state index contributed by atoms with van der Waals surface area (Å²) in [5.41, 5.74) is 2.28. The first-order valence-electron chi connectivity index (χ1n) is 8.45. The molecule has 1 aliphatic rings. The van der Waals surface area contributed by atoms with E-state index in [9.17, 15) is 0 Å². The number of rotatable bonds is 4. The predicted octanol–water partition coefficient (Wildman–Crippen LogP) is 4.91. The minimum Gasteiger partial charge on any atom is -0.377 e. The lowest BCUT2D eigenvalue weighted by Crippen LogP contribution is -2.24. The highest BCUT2D eigenvalue weighted by Crippen LogP contribution is 2.37. The third kappa shape index (κ3) is 3.61. The molecule has 126 valence electrons. The van der Waals surface area contributed by atoms with E-state index in [1.54, 1.807) is 11.8 Å². The molecule has 0 saturated heterocycles. The zero-order valence-corrected chi connectivity index (χ0v) is 14.9. The lowest BCUT2D eigenvalue weighted by atomic mass is 10.0. The molecule has 0 spiro atoms. The summed E-state index contributed by atoms with van der Waals surface area (Å²) < 4.78 is 0. The molecule has 2 aromatic carbocycles. The lowest BCUT2D eigenvalue weighted by Gasteiger charge is -2.28. The lowest BCUT2D eigenvalue weighted by molar-refractivity contribution is 0.681. The molecule has 1 unspecified atom stereocenters. The Morgan fingerprint density at radius 3 is 2.76 bits per heavy atom. The molecule has 1 aromatic heterocycles. The van der Waals surface area contributed by atoms with Crippen molar-refractivity contribution in [3.05, 3.63) is 72.2 Å².